The first-order valence-corrected chi connectivity index (χ1v) is 7.71. The highest BCUT2D eigenvalue weighted by molar-refractivity contribution is 7.99. The lowest BCUT2D eigenvalue weighted by molar-refractivity contribution is -0.128. The van der Waals surface area contributed by atoms with Gasteiger partial charge in [-0.05, 0) is 37.2 Å². The van der Waals surface area contributed by atoms with Gasteiger partial charge >= 0.3 is 0 Å². The van der Waals surface area contributed by atoms with E-state index in [4.69, 9.17) is 10.9 Å². The van der Waals surface area contributed by atoms with Crippen LogP contribution in [0.25, 0.3) is 0 Å². The van der Waals surface area contributed by atoms with Gasteiger partial charge in [-0.2, -0.15) is 11.8 Å². The second-order valence-corrected chi connectivity index (χ2v) is 6.36. The molecule has 1 amide bonds. The van der Waals surface area contributed by atoms with Gasteiger partial charge in [-0.25, -0.2) is 0 Å². The lowest BCUT2D eigenvalue weighted by Gasteiger charge is -2.30. The van der Waals surface area contributed by atoms with E-state index < -0.39 is 5.41 Å². The van der Waals surface area contributed by atoms with E-state index in [1.54, 1.807) is 0 Å². The maximum absolute atomic E-state index is 12.4. The van der Waals surface area contributed by atoms with Gasteiger partial charge in [0.25, 0.3) is 0 Å². The molecule has 0 aromatic rings. The van der Waals surface area contributed by atoms with Crippen molar-refractivity contribution in [3.05, 3.63) is 0 Å². The molecule has 0 aromatic heterocycles. The molecule has 4 N–H and O–H groups in total. The fraction of sp³-hybridized carbons (Fsp3) is 0.833. The zero-order valence-electron chi connectivity index (χ0n) is 10.5. The standard InChI is InChI=1S/C12H21N3O2S/c13-10(15-17)12(5-1-2-6-12)11(16)14-9-3-7-18-8-4-9/h9,17H,1-8H2,(H2,13,15)(H,14,16). The van der Waals surface area contributed by atoms with Crippen molar-refractivity contribution < 1.29 is 10.0 Å². The van der Waals surface area contributed by atoms with Crippen molar-refractivity contribution in [1.29, 1.82) is 0 Å². The molecule has 6 heteroatoms. The van der Waals surface area contributed by atoms with Crippen LogP contribution in [0.5, 0.6) is 0 Å². The second kappa shape index (κ2) is 5.82. The van der Waals surface area contributed by atoms with Gasteiger partial charge < -0.3 is 16.3 Å². The molecule has 1 saturated heterocycles. The Kier molecular flexibility index (Phi) is 4.37. The average molecular weight is 271 g/mol. The Hall–Kier alpha value is -0.910. The molecule has 2 aliphatic rings. The molecular weight excluding hydrogens is 250 g/mol. The lowest BCUT2D eigenvalue weighted by atomic mass is 9.83. The van der Waals surface area contributed by atoms with Crippen LogP contribution in [0.1, 0.15) is 38.5 Å². The highest BCUT2D eigenvalue weighted by Crippen LogP contribution is 2.39. The van der Waals surface area contributed by atoms with Crippen molar-refractivity contribution in [3.8, 4) is 0 Å². The van der Waals surface area contributed by atoms with Crippen molar-refractivity contribution >= 4 is 23.5 Å². The number of amides is 1. The van der Waals surface area contributed by atoms with Gasteiger partial charge in [0, 0.05) is 6.04 Å². The van der Waals surface area contributed by atoms with Gasteiger partial charge in [0.2, 0.25) is 5.91 Å². The number of hydrogen-bond donors (Lipinski definition) is 3. The van der Waals surface area contributed by atoms with Gasteiger partial charge in [0.05, 0.1) is 0 Å². The maximum Gasteiger partial charge on any atom is 0.234 e. The average Bonchev–Trinajstić information content (AvgIpc) is 2.89. The van der Waals surface area contributed by atoms with E-state index in [0.717, 1.165) is 37.2 Å². The van der Waals surface area contributed by atoms with E-state index in [1.165, 1.54) is 0 Å². The van der Waals surface area contributed by atoms with Gasteiger partial charge in [-0.1, -0.05) is 18.0 Å². The first-order chi connectivity index (χ1) is 8.69. The molecule has 1 saturated carbocycles. The molecule has 5 nitrogen and oxygen atoms in total. The van der Waals surface area contributed by atoms with E-state index >= 15 is 0 Å². The second-order valence-electron chi connectivity index (χ2n) is 5.13. The highest BCUT2D eigenvalue weighted by atomic mass is 32.2. The number of nitrogens with two attached hydrogens (primary N) is 1. The van der Waals surface area contributed by atoms with E-state index in [2.05, 4.69) is 10.5 Å². The van der Waals surface area contributed by atoms with Crippen LogP contribution in [-0.2, 0) is 4.79 Å². The quantitative estimate of drug-likeness (QED) is 0.312. The Balaban J connectivity index is 2.04. The van der Waals surface area contributed by atoms with E-state index in [1.807, 2.05) is 11.8 Å². The van der Waals surface area contributed by atoms with Crippen LogP contribution in [0.2, 0.25) is 0 Å². The number of carbonyl (C=O) groups excluding carboxylic acids is 1. The molecule has 2 rings (SSSR count). The van der Waals surface area contributed by atoms with E-state index in [-0.39, 0.29) is 17.8 Å². The smallest absolute Gasteiger partial charge is 0.234 e. The molecule has 1 heterocycles. The maximum atomic E-state index is 12.4. The highest BCUT2D eigenvalue weighted by Gasteiger charge is 2.45. The minimum absolute atomic E-state index is 0.0489. The Bertz CT molecular complexity index is 334. The number of amidine groups is 1. The normalized spacial score (nSPS) is 25.0. The van der Waals surface area contributed by atoms with E-state index in [0.29, 0.717) is 12.8 Å². The van der Waals surface area contributed by atoms with Crippen molar-refractivity contribution in [3.63, 3.8) is 0 Å². The Morgan fingerprint density at radius 1 is 1.33 bits per heavy atom. The van der Waals surface area contributed by atoms with E-state index in [9.17, 15) is 4.79 Å². The third kappa shape index (κ3) is 2.58. The number of nitrogens with one attached hydrogen (secondary N) is 1. The van der Waals surface area contributed by atoms with Gasteiger partial charge in [0.15, 0.2) is 5.84 Å². The molecule has 0 atom stereocenters. The molecule has 0 radical (unpaired) electrons. The summed E-state index contributed by atoms with van der Waals surface area (Å²) in [4.78, 5) is 12.4. The van der Waals surface area contributed by atoms with Gasteiger partial charge in [-0.3, -0.25) is 4.79 Å². The molecule has 0 unspecified atom stereocenters. The molecule has 0 spiro atoms. The molecule has 0 bridgehead atoms. The predicted molar refractivity (Wildman–Crippen MR) is 72.8 cm³/mol. The summed E-state index contributed by atoms with van der Waals surface area (Å²) in [5.41, 5.74) is 4.99. The molecular formula is C12H21N3O2S. The fourth-order valence-corrected chi connectivity index (χ4v) is 3.95. The summed E-state index contributed by atoms with van der Waals surface area (Å²) < 4.78 is 0. The van der Waals surface area contributed by atoms with Crippen LogP contribution in [0.3, 0.4) is 0 Å². The number of oxime groups is 1. The number of carbonyl (C=O) groups is 1. The molecule has 2 fully saturated rings. The van der Waals surface area contributed by atoms with Crippen molar-refractivity contribution in [2.24, 2.45) is 16.3 Å². The van der Waals surface area contributed by atoms with Crippen LogP contribution in [-0.4, -0.2) is 34.5 Å². The van der Waals surface area contributed by atoms with Crippen molar-refractivity contribution in [2.45, 2.75) is 44.6 Å². The van der Waals surface area contributed by atoms with Gasteiger partial charge in [0.1, 0.15) is 5.41 Å². The zero-order chi connectivity index (χ0) is 13.0. The molecule has 18 heavy (non-hydrogen) atoms. The first-order valence-electron chi connectivity index (χ1n) is 6.56. The Labute approximate surface area is 112 Å². The molecule has 0 aromatic carbocycles. The Morgan fingerprint density at radius 2 is 1.94 bits per heavy atom. The Morgan fingerprint density at radius 3 is 2.50 bits per heavy atom. The summed E-state index contributed by atoms with van der Waals surface area (Å²) in [7, 11) is 0. The third-order valence-corrected chi connectivity index (χ3v) is 5.10. The van der Waals surface area contributed by atoms with Crippen molar-refractivity contribution in [1.82, 2.24) is 5.32 Å². The number of hydrogen-bond acceptors (Lipinski definition) is 4. The number of rotatable bonds is 3. The predicted octanol–water partition coefficient (Wildman–Crippen LogP) is 1.30. The summed E-state index contributed by atoms with van der Waals surface area (Å²) >= 11 is 1.93. The number of nitrogens with zero attached hydrogens (tertiary/aromatic N) is 1. The third-order valence-electron chi connectivity index (χ3n) is 4.05. The van der Waals surface area contributed by atoms with Crippen LogP contribution < -0.4 is 11.1 Å². The largest absolute Gasteiger partial charge is 0.409 e. The monoisotopic (exact) mass is 271 g/mol. The van der Waals surface area contributed by atoms with Crippen molar-refractivity contribution in [2.75, 3.05) is 11.5 Å². The van der Waals surface area contributed by atoms with Crippen LogP contribution in [0.4, 0.5) is 0 Å². The summed E-state index contributed by atoms with van der Waals surface area (Å²) in [6, 6.07) is 0.253. The summed E-state index contributed by atoms with van der Waals surface area (Å²) in [5, 5.41) is 15.1. The summed E-state index contributed by atoms with van der Waals surface area (Å²) in [5.74, 6) is 2.22. The van der Waals surface area contributed by atoms with Crippen LogP contribution in [0.15, 0.2) is 5.16 Å². The first kappa shape index (κ1) is 13.5. The fourth-order valence-electron chi connectivity index (χ4n) is 2.84. The molecule has 1 aliphatic heterocycles. The minimum atomic E-state index is -0.765. The zero-order valence-corrected chi connectivity index (χ0v) is 11.3. The van der Waals surface area contributed by atoms with Crippen LogP contribution in [0, 0.1) is 5.41 Å². The topological polar surface area (TPSA) is 87.7 Å². The van der Waals surface area contributed by atoms with Gasteiger partial charge in [-0.15, -0.1) is 0 Å². The summed E-state index contributed by atoms with van der Waals surface area (Å²) in [6.45, 7) is 0. The summed E-state index contributed by atoms with van der Waals surface area (Å²) in [6.07, 6.45) is 5.34. The lowest BCUT2D eigenvalue weighted by Crippen LogP contribution is -2.51. The molecule has 1 aliphatic carbocycles. The molecule has 102 valence electrons. The van der Waals surface area contributed by atoms with Crippen LogP contribution >= 0.6 is 11.8 Å². The minimum Gasteiger partial charge on any atom is -0.409 e. The number of thioether (sulfide) groups is 1. The SMILES string of the molecule is NC(=NO)C1(C(=O)NC2CCSCC2)CCCC1.